The van der Waals surface area contributed by atoms with Gasteiger partial charge in [0.15, 0.2) is 9.84 Å². The van der Waals surface area contributed by atoms with E-state index in [0.717, 1.165) is 16.7 Å². The highest BCUT2D eigenvalue weighted by molar-refractivity contribution is 7.92. The third kappa shape index (κ3) is 4.11. The Morgan fingerprint density at radius 2 is 1.23 bits per heavy atom. The minimum Gasteiger partial charge on any atom is -0.497 e. The van der Waals surface area contributed by atoms with Gasteiger partial charge in [-0.2, -0.15) is 4.31 Å². The molecule has 1 aliphatic rings. The van der Waals surface area contributed by atoms with E-state index in [9.17, 15) is 16.8 Å². The van der Waals surface area contributed by atoms with Crippen LogP contribution in [0.3, 0.4) is 0 Å². The summed E-state index contributed by atoms with van der Waals surface area (Å²) >= 11 is 0. The summed E-state index contributed by atoms with van der Waals surface area (Å²) in [5, 5.41) is -0.762. The fourth-order valence-electron chi connectivity index (χ4n) is 3.47. The molecule has 3 aromatic carbocycles. The zero-order valence-electron chi connectivity index (χ0n) is 17.2. The molecule has 0 saturated carbocycles. The molecule has 0 aliphatic carbocycles. The van der Waals surface area contributed by atoms with E-state index in [1.54, 1.807) is 36.4 Å². The van der Waals surface area contributed by atoms with Crippen molar-refractivity contribution in [3.05, 3.63) is 78.4 Å². The molecule has 8 heteroatoms. The molecular formula is C23H23NO5S2. The number of hydrogen-bond donors (Lipinski definition) is 0. The first kappa shape index (κ1) is 21.5. The molecular weight excluding hydrogens is 434 g/mol. The van der Waals surface area contributed by atoms with Crippen LogP contribution in [0.2, 0.25) is 0 Å². The molecule has 0 radical (unpaired) electrons. The molecule has 0 unspecified atom stereocenters. The van der Waals surface area contributed by atoms with Crippen molar-refractivity contribution in [2.75, 3.05) is 20.2 Å². The van der Waals surface area contributed by atoms with Crippen LogP contribution in [0.15, 0.2) is 82.6 Å². The smallest absolute Gasteiger partial charge is 0.243 e. The summed E-state index contributed by atoms with van der Waals surface area (Å²) in [6.45, 7) is 1.89. The van der Waals surface area contributed by atoms with E-state index in [0.29, 0.717) is 5.75 Å². The van der Waals surface area contributed by atoms with Crippen molar-refractivity contribution in [2.24, 2.45) is 0 Å². The molecule has 162 valence electrons. The average Bonchev–Trinajstić information content (AvgIpc) is 2.73. The predicted octanol–water partition coefficient (Wildman–Crippen LogP) is 3.52. The van der Waals surface area contributed by atoms with Gasteiger partial charge in [0.2, 0.25) is 10.0 Å². The Balaban J connectivity index is 1.47. The van der Waals surface area contributed by atoms with Crippen molar-refractivity contribution in [3.8, 4) is 16.9 Å². The highest BCUT2D eigenvalue weighted by Gasteiger charge is 2.44. The maximum atomic E-state index is 12.9. The molecule has 4 rings (SSSR count). The van der Waals surface area contributed by atoms with E-state index in [4.69, 9.17) is 4.74 Å². The standard InChI is InChI=1S/C23H23NO5S2/c1-17-3-5-18(6-4-17)19-7-11-22(12-8-19)31(27,28)24-15-23(16-24)30(25,26)21-13-9-20(29-2)10-14-21/h3-14,23H,15-16H2,1-2H3. The van der Waals surface area contributed by atoms with Crippen molar-refractivity contribution < 1.29 is 21.6 Å². The molecule has 1 fully saturated rings. The SMILES string of the molecule is COc1ccc(S(=O)(=O)C2CN(S(=O)(=O)c3ccc(-c4ccc(C)cc4)cc3)C2)cc1. The number of methoxy groups -OCH3 is 1. The van der Waals surface area contributed by atoms with Crippen LogP contribution >= 0.6 is 0 Å². The largest absolute Gasteiger partial charge is 0.497 e. The predicted molar refractivity (Wildman–Crippen MR) is 119 cm³/mol. The van der Waals surface area contributed by atoms with E-state index in [1.807, 2.05) is 31.2 Å². The van der Waals surface area contributed by atoms with Gasteiger partial charge in [-0.15, -0.1) is 0 Å². The zero-order chi connectivity index (χ0) is 22.2. The van der Waals surface area contributed by atoms with Crippen molar-refractivity contribution in [2.45, 2.75) is 22.0 Å². The lowest BCUT2D eigenvalue weighted by molar-refractivity contribution is 0.309. The molecule has 1 aliphatic heterocycles. The second-order valence-electron chi connectivity index (χ2n) is 7.55. The minimum atomic E-state index is -3.75. The highest BCUT2D eigenvalue weighted by atomic mass is 32.2. The van der Waals surface area contributed by atoms with Crippen molar-refractivity contribution in [3.63, 3.8) is 0 Å². The Morgan fingerprint density at radius 3 is 1.74 bits per heavy atom. The maximum Gasteiger partial charge on any atom is 0.243 e. The topological polar surface area (TPSA) is 80.8 Å². The van der Waals surface area contributed by atoms with Gasteiger partial charge in [-0.25, -0.2) is 16.8 Å². The number of nitrogens with zero attached hydrogens (tertiary/aromatic N) is 1. The number of hydrogen-bond acceptors (Lipinski definition) is 5. The number of sulfone groups is 1. The summed E-state index contributed by atoms with van der Waals surface area (Å²) in [7, 11) is -5.85. The molecule has 0 N–H and O–H groups in total. The second kappa shape index (κ2) is 8.11. The quantitative estimate of drug-likeness (QED) is 0.566. The third-order valence-corrected chi connectivity index (χ3v) is 9.47. The van der Waals surface area contributed by atoms with Crippen LogP contribution in [0.5, 0.6) is 5.75 Å². The lowest BCUT2D eigenvalue weighted by Crippen LogP contribution is -2.56. The fourth-order valence-corrected chi connectivity index (χ4v) is 6.84. The third-order valence-electron chi connectivity index (χ3n) is 5.52. The Hall–Kier alpha value is -2.68. The van der Waals surface area contributed by atoms with Gasteiger partial charge in [0, 0.05) is 13.1 Å². The van der Waals surface area contributed by atoms with Crippen LogP contribution in [0.4, 0.5) is 0 Å². The average molecular weight is 458 g/mol. The highest BCUT2D eigenvalue weighted by Crippen LogP contribution is 2.30. The molecule has 0 spiro atoms. The minimum absolute atomic E-state index is 0.0591. The molecule has 0 atom stereocenters. The van der Waals surface area contributed by atoms with Gasteiger partial charge in [-0.1, -0.05) is 42.0 Å². The molecule has 0 aromatic heterocycles. The van der Waals surface area contributed by atoms with Crippen molar-refractivity contribution >= 4 is 19.9 Å². The Labute approximate surface area is 183 Å². The Morgan fingerprint density at radius 1 is 0.742 bits per heavy atom. The summed E-state index contributed by atoms with van der Waals surface area (Å²) < 4.78 is 57.7. The number of benzene rings is 3. The van der Waals surface area contributed by atoms with Gasteiger partial charge in [0.05, 0.1) is 22.2 Å². The molecule has 6 nitrogen and oxygen atoms in total. The second-order valence-corrected chi connectivity index (χ2v) is 11.7. The number of sulfonamides is 1. The van der Waals surface area contributed by atoms with Gasteiger partial charge in [-0.3, -0.25) is 0 Å². The van der Waals surface area contributed by atoms with Crippen molar-refractivity contribution in [1.82, 2.24) is 4.31 Å². The van der Waals surface area contributed by atoms with Crippen LogP contribution in [0.1, 0.15) is 5.56 Å². The summed E-state index contributed by atoms with van der Waals surface area (Å²) in [6, 6.07) is 20.8. The van der Waals surface area contributed by atoms with Crippen LogP contribution < -0.4 is 4.74 Å². The lowest BCUT2D eigenvalue weighted by atomic mass is 10.0. The van der Waals surface area contributed by atoms with E-state index < -0.39 is 25.1 Å². The molecule has 0 amide bonds. The van der Waals surface area contributed by atoms with E-state index in [2.05, 4.69) is 0 Å². The molecule has 3 aromatic rings. The monoisotopic (exact) mass is 457 g/mol. The van der Waals surface area contributed by atoms with Gasteiger partial charge < -0.3 is 4.74 Å². The molecule has 0 bridgehead atoms. The van der Waals surface area contributed by atoms with E-state index in [-0.39, 0.29) is 22.9 Å². The number of aryl methyl sites for hydroxylation is 1. The van der Waals surface area contributed by atoms with Crippen molar-refractivity contribution in [1.29, 1.82) is 0 Å². The Kier molecular flexibility index (Phi) is 5.63. The van der Waals surface area contributed by atoms with Gasteiger partial charge >= 0.3 is 0 Å². The van der Waals surface area contributed by atoms with Gasteiger partial charge in [-0.05, 0) is 54.4 Å². The van der Waals surface area contributed by atoms with Crippen LogP contribution in [-0.2, 0) is 19.9 Å². The maximum absolute atomic E-state index is 12.9. The van der Waals surface area contributed by atoms with Gasteiger partial charge in [0.25, 0.3) is 0 Å². The zero-order valence-corrected chi connectivity index (χ0v) is 18.9. The summed E-state index contributed by atoms with van der Waals surface area (Å²) in [5.41, 5.74) is 3.08. The van der Waals surface area contributed by atoms with Crippen LogP contribution in [0, 0.1) is 6.92 Å². The normalized spacial score (nSPS) is 15.4. The summed E-state index contributed by atoms with van der Waals surface area (Å²) in [6.07, 6.45) is 0. The fraction of sp³-hybridized carbons (Fsp3) is 0.217. The summed E-state index contributed by atoms with van der Waals surface area (Å²) in [5.74, 6) is 0.561. The first-order valence-electron chi connectivity index (χ1n) is 9.77. The van der Waals surface area contributed by atoms with E-state index in [1.165, 1.54) is 23.5 Å². The Bertz CT molecular complexity index is 1280. The molecule has 31 heavy (non-hydrogen) atoms. The van der Waals surface area contributed by atoms with Crippen LogP contribution in [-0.4, -0.2) is 46.6 Å². The molecule has 1 saturated heterocycles. The van der Waals surface area contributed by atoms with Gasteiger partial charge in [0.1, 0.15) is 5.75 Å². The summed E-state index contributed by atoms with van der Waals surface area (Å²) in [4.78, 5) is 0.321. The number of ether oxygens (including phenoxy) is 1. The first-order valence-corrected chi connectivity index (χ1v) is 12.8. The molecule has 1 heterocycles. The lowest BCUT2D eigenvalue weighted by Gasteiger charge is -2.37. The number of rotatable bonds is 6. The van der Waals surface area contributed by atoms with E-state index >= 15 is 0 Å². The first-order chi connectivity index (χ1) is 14.7. The van der Waals surface area contributed by atoms with Crippen LogP contribution in [0.25, 0.3) is 11.1 Å².